The van der Waals surface area contributed by atoms with E-state index in [1.54, 1.807) is 0 Å². The van der Waals surface area contributed by atoms with E-state index in [4.69, 9.17) is 4.74 Å². The van der Waals surface area contributed by atoms with E-state index < -0.39 is 17.7 Å². The Hall–Kier alpha value is -2.47. The Balaban J connectivity index is 1.61. The van der Waals surface area contributed by atoms with Gasteiger partial charge in [-0.2, -0.15) is 13.2 Å². The predicted molar refractivity (Wildman–Crippen MR) is 129 cm³/mol. The predicted octanol–water partition coefficient (Wildman–Crippen LogP) is 6.95. The number of ether oxygens (including phenoxy) is 1. The molecule has 2 aromatic carbocycles. The van der Waals surface area contributed by atoms with Crippen molar-refractivity contribution in [1.82, 2.24) is 0 Å². The zero-order chi connectivity index (χ0) is 25.2. The molecule has 2 aromatic rings. The Kier molecular flexibility index (Phi) is 7.80. The van der Waals surface area contributed by atoms with Crippen LogP contribution in [0.1, 0.15) is 74.1 Å². The number of benzene rings is 2. The summed E-state index contributed by atoms with van der Waals surface area (Å²) >= 11 is 0. The van der Waals surface area contributed by atoms with Gasteiger partial charge < -0.3 is 4.74 Å². The molecule has 6 heteroatoms. The lowest BCUT2D eigenvalue weighted by Gasteiger charge is -2.32. The molecule has 1 heterocycles. The van der Waals surface area contributed by atoms with Crippen LogP contribution >= 0.6 is 0 Å². The van der Waals surface area contributed by atoms with Gasteiger partial charge in [-0.05, 0) is 83.9 Å². The molecule has 0 amide bonds. The highest BCUT2D eigenvalue weighted by molar-refractivity contribution is 6.10. The lowest BCUT2D eigenvalue weighted by molar-refractivity contribution is -0.137. The summed E-state index contributed by atoms with van der Waals surface area (Å²) in [6.07, 6.45) is 0.652. The quantitative estimate of drug-likeness (QED) is 0.415. The lowest BCUT2D eigenvalue weighted by Crippen LogP contribution is -2.34. The van der Waals surface area contributed by atoms with Crippen LogP contribution in [0.25, 0.3) is 11.1 Å². The summed E-state index contributed by atoms with van der Waals surface area (Å²) in [5.74, 6) is -0.0929. The third kappa shape index (κ3) is 5.69. The minimum Gasteiger partial charge on any atom is -0.381 e. The molecule has 188 valence electrons. The maximum atomic E-state index is 13.3. The number of halogens is 3. The van der Waals surface area contributed by atoms with Gasteiger partial charge in [0.15, 0.2) is 0 Å². The van der Waals surface area contributed by atoms with Gasteiger partial charge in [0.05, 0.1) is 5.56 Å². The molecule has 0 radical (unpaired) electrons. The first-order chi connectivity index (χ1) is 16.7. The molecule has 1 saturated heterocycles. The highest BCUT2D eigenvalue weighted by Crippen LogP contribution is 2.40. The van der Waals surface area contributed by atoms with Gasteiger partial charge in [0.2, 0.25) is 0 Å². The maximum Gasteiger partial charge on any atom is 0.416 e. The molecule has 3 nitrogen and oxygen atoms in total. The number of hydrogen-bond acceptors (Lipinski definition) is 3. The molecule has 0 atom stereocenters. The van der Waals surface area contributed by atoms with Gasteiger partial charge in [0.1, 0.15) is 17.5 Å². The first-order valence-electron chi connectivity index (χ1n) is 12.7. The van der Waals surface area contributed by atoms with Gasteiger partial charge in [0, 0.05) is 26.1 Å². The number of carbonyl (C=O) groups excluding carboxylic acids is 2. The van der Waals surface area contributed by atoms with E-state index in [9.17, 15) is 22.8 Å². The van der Waals surface area contributed by atoms with Crippen molar-refractivity contribution < 1.29 is 27.5 Å². The van der Waals surface area contributed by atoms with E-state index in [1.165, 1.54) is 12.1 Å². The van der Waals surface area contributed by atoms with E-state index in [0.717, 1.165) is 66.9 Å². The fourth-order valence-electron chi connectivity index (χ4n) is 5.75. The van der Waals surface area contributed by atoms with E-state index >= 15 is 0 Å². The third-order valence-corrected chi connectivity index (χ3v) is 7.58. The Morgan fingerprint density at radius 1 is 0.829 bits per heavy atom. The highest BCUT2D eigenvalue weighted by atomic mass is 19.4. The van der Waals surface area contributed by atoms with E-state index in [2.05, 4.69) is 0 Å². The Morgan fingerprint density at radius 3 is 1.86 bits per heavy atom. The Bertz CT molecular complexity index is 1020. The van der Waals surface area contributed by atoms with Crippen LogP contribution in [0.3, 0.4) is 0 Å². The fraction of sp³-hybridized carbons (Fsp3) is 0.517. The number of aryl methyl sites for hydroxylation is 2. The number of rotatable bonds is 6. The average Bonchev–Trinajstić information content (AvgIpc) is 2.83. The molecule has 1 aliphatic carbocycles. The summed E-state index contributed by atoms with van der Waals surface area (Å²) in [6.45, 7) is 5.49. The van der Waals surface area contributed by atoms with Crippen molar-refractivity contribution in [1.29, 1.82) is 0 Å². The number of carbonyl (C=O) groups is 2. The summed E-state index contributed by atoms with van der Waals surface area (Å²) in [5, 5.41) is 0. The third-order valence-electron chi connectivity index (χ3n) is 7.58. The largest absolute Gasteiger partial charge is 0.416 e. The van der Waals surface area contributed by atoms with Crippen molar-refractivity contribution in [2.24, 2.45) is 11.8 Å². The van der Waals surface area contributed by atoms with Crippen LogP contribution in [0.4, 0.5) is 13.2 Å². The standard InChI is InChI=1S/C29H33F3O3/c1-3-20-16-23(22-5-7-24(8-6-22)29(30,31)32)17-21(4-2)27(20)28-25(33)14-19(15-26(28)34)13-18-9-11-35-12-10-18/h5-8,16-19,28H,3-4,9-15H2,1-2H3. The number of Topliss-reactive ketones (excluding diaryl/α,β-unsaturated/α-hetero) is 2. The lowest BCUT2D eigenvalue weighted by atomic mass is 9.71. The van der Waals surface area contributed by atoms with E-state index in [0.29, 0.717) is 37.2 Å². The Morgan fingerprint density at radius 2 is 1.37 bits per heavy atom. The van der Waals surface area contributed by atoms with Crippen molar-refractivity contribution >= 4 is 11.6 Å². The van der Waals surface area contributed by atoms with Crippen LogP contribution < -0.4 is 0 Å². The second-order valence-corrected chi connectivity index (χ2v) is 9.92. The van der Waals surface area contributed by atoms with Crippen LogP contribution in [0.2, 0.25) is 0 Å². The summed E-state index contributed by atoms with van der Waals surface area (Å²) in [7, 11) is 0. The van der Waals surface area contributed by atoms with E-state index in [-0.39, 0.29) is 17.5 Å². The minimum atomic E-state index is -4.38. The topological polar surface area (TPSA) is 43.4 Å². The zero-order valence-corrected chi connectivity index (χ0v) is 20.4. The summed E-state index contributed by atoms with van der Waals surface area (Å²) in [4.78, 5) is 26.7. The molecule has 0 spiro atoms. The second-order valence-electron chi connectivity index (χ2n) is 9.92. The molecule has 1 saturated carbocycles. The van der Waals surface area contributed by atoms with Crippen molar-refractivity contribution in [2.75, 3.05) is 13.2 Å². The molecule has 35 heavy (non-hydrogen) atoms. The summed E-state index contributed by atoms with van der Waals surface area (Å²) in [6, 6.07) is 9.01. The minimum absolute atomic E-state index is 0.00462. The number of alkyl halides is 3. The van der Waals surface area contributed by atoms with Crippen LogP contribution in [-0.4, -0.2) is 24.8 Å². The summed E-state index contributed by atoms with van der Waals surface area (Å²) in [5.41, 5.74) is 3.49. The van der Waals surface area contributed by atoms with Crippen LogP contribution in [0.5, 0.6) is 0 Å². The van der Waals surface area contributed by atoms with Gasteiger partial charge in [-0.25, -0.2) is 0 Å². The first kappa shape index (κ1) is 25.6. The smallest absolute Gasteiger partial charge is 0.381 e. The van der Waals surface area contributed by atoms with Crippen LogP contribution in [0, 0.1) is 11.8 Å². The number of hydrogen-bond donors (Lipinski definition) is 0. The summed E-state index contributed by atoms with van der Waals surface area (Å²) < 4.78 is 44.4. The first-order valence-corrected chi connectivity index (χ1v) is 12.7. The van der Waals surface area contributed by atoms with Gasteiger partial charge in [-0.3, -0.25) is 9.59 Å². The van der Waals surface area contributed by atoms with Crippen molar-refractivity contribution in [2.45, 2.75) is 70.9 Å². The van der Waals surface area contributed by atoms with E-state index in [1.807, 2.05) is 26.0 Å². The van der Waals surface area contributed by atoms with Gasteiger partial charge in [-0.15, -0.1) is 0 Å². The van der Waals surface area contributed by atoms with Crippen LogP contribution in [-0.2, 0) is 33.3 Å². The molecule has 0 aromatic heterocycles. The van der Waals surface area contributed by atoms with Gasteiger partial charge >= 0.3 is 6.18 Å². The average molecular weight is 487 g/mol. The molecule has 4 rings (SSSR count). The van der Waals surface area contributed by atoms with Crippen LogP contribution in [0.15, 0.2) is 36.4 Å². The SMILES string of the molecule is CCc1cc(-c2ccc(C(F)(F)F)cc2)cc(CC)c1C1C(=O)CC(CC2CCOCC2)CC1=O. The normalized spacial score (nSPS) is 22.0. The highest BCUT2D eigenvalue weighted by Gasteiger charge is 2.39. The van der Waals surface area contributed by atoms with Crippen molar-refractivity contribution in [3.63, 3.8) is 0 Å². The molecule has 0 bridgehead atoms. The molecule has 2 aliphatic rings. The fourth-order valence-corrected chi connectivity index (χ4v) is 5.75. The van der Waals surface area contributed by atoms with Gasteiger partial charge in [0.25, 0.3) is 0 Å². The monoisotopic (exact) mass is 486 g/mol. The van der Waals surface area contributed by atoms with Crippen molar-refractivity contribution in [3.8, 4) is 11.1 Å². The van der Waals surface area contributed by atoms with Gasteiger partial charge in [-0.1, -0.05) is 38.1 Å². The second kappa shape index (κ2) is 10.7. The van der Waals surface area contributed by atoms with Crippen molar-refractivity contribution in [3.05, 3.63) is 58.7 Å². The molecule has 2 fully saturated rings. The number of ketones is 2. The zero-order valence-electron chi connectivity index (χ0n) is 20.4. The maximum absolute atomic E-state index is 13.3. The molecule has 1 aliphatic heterocycles. The Labute approximate surface area is 205 Å². The molecule has 0 unspecified atom stereocenters. The molecule has 0 N–H and O–H groups in total. The molecular formula is C29H33F3O3. The molecular weight excluding hydrogens is 453 g/mol.